The van der Waals surface area contributed by atoms with E-state index in [1.807, 2.05) is 0 Å². The van der Waals surface area contributed by atoms with Gasteiger partial charge in [-0.15, -0.1) is 0 Å². The topological polar surface area (TPSA) is 63.4 Å². The highest BCUT2D eigenvalue weighted by Gasteiger charge is 2.35. The Morgan fingerprint density at radius 1 is 1.18 bits per heavy atom. The highest BCUT2D eigenvalue weighted by atomic mass is 32.2. The Labute approximate surface area is 104 Å². The first-order chi connectivity index (χ1) is 8.03. The van der Waals surface area contributed by atoms with E-state index in [4.69, 9.17) is 5.73 Å². The molecule has 1 saturated carbocycles. The van der Waals surface area contributed by atoms with E-state index in [0.717, 1.165) is 19.4 Å². The molecule has 0 bridgehead atoms. The lowest BCUT2D eigenvalue weighted by molar-refractivity contribution is 0.133. The van der Waals surface area contributed by atoms with Gasteiger partial charge in [0.2, 0.25) is 0 Å². The van der Waals surface area contributed by atoms with Crippen molar-refractivity contribution in [2.45, 2.75) is 44.2 Å². The molecule has 0 spiro atoms. The summed E-state index contributed by atoms with van der Waals surface area (Å²) in [6.07, 6.45) is 5.32. The van der Waals surface area contributed by atoms with Crippen molar-refractivity contribution in [1.82, 2.24) is 4.90 Å². The van der Waals surface area contributed by atoms with Gasteiger partial charge in [-0.1, -0.05) is 6.42 Å². The summed E-state index contributed by atoms with van der Waals surface area (Å²) in [6.45, 7) is 0.764. The van der Waals surface area contributed by atoms with Gasteiger partial charge in [0.05, 0.1) is 11.5 Å². The van der Waals surface area contributed by atoms with Crippen LogP contribution in [0.2, 0.25) is 0 Å². The lowest BCUT2D eigenvalue weighted by Crippen LogP contribution is -2.47. The van der Waals surface area contributed by atoms with E-state index in [1.165, 1.54) is 19.3 Å². The summed E-state index contributed by atoms with van der Waals surface area (Å²) in [4.78, 5) is 2.42. The Kier molecular flexibility index (Phi) is 4.10. The van der Waals surface area contributed by atoms with Crippen LogP contribution in [0.5, 0.6) is 0 Å². The molecule has 1 heterocycles. The van der Waals surface area contributed by atoms with Gasteiger partial charge in [-0.05, 0) is 45.2 Å². The van der Waals surface area contributed by atoms with Gasteiger partial charge in [-0.3, -0.25) is 0 Å². The van der Waals surface area contributed by atoms with Crippen molar-refractivity contribution < 1.29 is 8.42 Å². The van der Waals surface area contributed by atoms with E-state index >= 15 is 0 Å². The molecule has 2 aliphatic rings. The minimum absolute atomic E-state index is 0.363. The van der Waals surface area contributed by atoms with Crippen LogP contribution in [0, 0.1) is 5.92 Å². The maximum Gasteiger partial charge on any atom is 0.150 e. The van der Waals surface area contributed by atoms with Crippen molar-refractivity contribution in [2.24, 2.45) is 11.7 Å². The largest absolute Gasteiger partial charge is 0.330 e. The smallest absolute Gasteiger partial charge is 0.150 e. The fourth-order valence-corrected chi connectivity index (χ4v) is 4.85. The summed E-state index contributed by atoms with van der Waals surface area (Å²) in [5.41, 5.74) is 5.81. The molecule has 2 rings (SSSR count). The van der Waals surface area contributed by atoms with Crippen molar-refractivity contribution >= 4 is 9.84 Å². The SMILES string of the molecule is CN(C1CCS(=O)(=O)CC1)C1CCCC1CN. The molecule has 2 atom stereocenters. The number of sulfone groups is 1. The maximum atomic E-state index is 11.4. The number of hydrogen-bond donors (Lipinski definition) is 1. The minimum atomic E-state index is -2.74. The number of rotatable bonds is 3. The molecule has 1 saturated heterocycles. The van der Waals surface area contributed by atoms with Crippen LogP contribution in [0.3, 0.4) is 0 Å². The molecule has 2 fully saturated rings. The average Bonchev–Trinajstić information content (AvgIpc) is 2.76. The second-order valence-electron chi connectivity index (χ2n) is 5.54. The molecule has 2 unspecified atom stereocenters. The van der Waals surface area contributed by atoms with Crippen LogP contribution in [0.4, 0.5) is 0 Å². The summed E-state index contributed by atoms with van der Waals surface area (Å²) in [7, 11) is -0.589. The Hall–Kier alpha value is -0.130. The van der Waals surface area contributed by atoms with Crippen LogP contribution in [-0.4, -0.2) is 50.5 Å². The first-order valence-electron chi connectivity index (χ1n) is 6.66. The molecule has 5 heteroatoms. The number of nitrogens with zero attached hydrogens (tertiary/aromatic N) is 1. The van der Waals surface area contributed by atoms with Crippen LogP contribution >= 0.6 is 0 Å². The van der Waals surface area contributed by atoms with Crippen molar-refractivity contribution in [3.63, 3.8) is 0 Å². The summed E-state index contributed by atoms with van der Waals surface area (Å²) < 4.78 is 22.8. The fourth-order valence-electron chi connectivity index (χ4n) is 3.38. The summed E-state index contributed by atoms with van der Waals surface area (Å²) in [5.74, 6) is 1.34. The summed E-state index contributed by atoms with van der Waals surface area (Å²) in [6, 6.07) is 1.02. The quantitative estimate of drug-likeness (QED) is 0.808. The van der Waals surface area contributed by atoms with Crippen LogP contribution < -0.4 is 5.73 Å². The number of hydrogen-bond acceptors (Lipinski definition) is 4. The van der Waals surface area contributed by atoms with E-state index in [0.29, 0.717) is 29.5 Å². The third-order valence-corrected chi connectivity index (χ3v) is 6.26. The molecule has 1 aliphatic carbocycles. The van der Waals surface area contributed by atoms with E-state index < -0.39 is 9.84 Å². The Morgan fingerprint density at radius 2 is 1.82 bits per heavy atom. The molecule has 1 aliphatic heterocycles. The molecule has 4 nitrogen and oxygen atoms in total. The molecule has 0 aromatic heterocycles. The molecule has 0 radical (unpaired) electrons. The second kappa shape index (κ2) is 5.24. The van der Waals surface area contributed by atoms with Crippen molar-refractivity contribution in [1.29, 1.82) is 0 Å². The van der Waals surface area contributed by atoms with E-state index in [9.17, 15) is 8.42 Å². The summed E-state index contributed by atoms with van der Waals surface area (Å²) in [5, 5.41) is 0. The zero-order valence-corrected chi connectivity index (χ0v) is 11.5. The monoisotopic (exact) mass is 260 g/mol. The van der Waals surface area contributed by atoms with Gasteiger partial charge in [0.1, 0.15) is 9.84 Å². The minimum Gasteiger partial charge on any atom is -0.330 e. The fraction of sp³-hybridized carbons (Fsp3) is 1.00. The molecular weight excluding hydrogens is 236 g/mol. The zero-order valence-electron chi connectivity index (χ0n) is 10.6. The van der Waals surface area contributed by atoms with Gasteiger partial charge < -0.3 is 10.6 Å². The number of nitrogens with two attached hydrogens (primary N) is 1. The average molecular weight is 260 g/mol. The van der Waals surface area contributed by atoms with Gasteiger partial charge in [-0.25, -0.2) is 8.42 Å². The molecule has 2 N–H and O–H groups in total. The first kappa shape index (κ1) is 13.3. The van der Waals surface area contributed by atoms with Gasteiger partial charge >= 0.3 is 0 Å². The third kappa shape index (κ3) is 3.01. The normalized spacial score (nSPS) is 34.3. The zero-order chi connectivity index (χ0) is 12.5. The maximum absolute atomic E-state index is 11.4. The van der Waals surface area contributed by atoms with Gasteiger partial charge in [0.15, 0.2) is 0 Å². The predicted molar refractivity (Wildman–Crippen MR) is 69.6 cm³/mol. The van der Waals surface area contributed by atoms with E-state index in [-0.39, 0.29) is 0 Å². The first-order valence-corrected chi connectivity index (χ1v) is 8.48. The van der Waals surface area contributed by atoms with Crippen LogP contribution in [0.15, 0.2) is 0 Å². The molecule has 100 valence electrons. The summed E-state index contributed by atoms with van der Waals surface area (Å²) >= 11 is 0. The Bertz CT molecular complexity index is 342. The molecule has 0 aromatic carbocycles. The van der Waals surface area contributed by atoms with Gasteiger partial charge in [0, 0.05) is 12.1 Å². The van der Waals surface area contributed by atoms with Gasteiger partial charge in [-0.2, -0.15) is 0 Å². The van der Waals surface area contributed by atoms with Crippen molar-refractivity contribution in [3.8, 4) is 0 Å². The van der Waals surface area contributed by atoms with E-state index in [1.54, 1.807) is 0 Å². The molecule has 0 amide bonds. The van der Waals surface area contributed by atoms with Gasteiger partial charge in [0.25, 0.3) is 0 Å². The van der Waals surface area contributed by atoms with Crippen LogP contribution in [0.25, 0.3) is 0 Å². The third-order valence-electron chi connectivity index (χ3n) is 4.54. The van der Waals surface area contributed by atoms with E-state index in [2.05, 4.69) is 11.9 Å². The van der Waals surface area contributed by atoms with Crippen molar-refractivity contribution in [3.05, 3.63) is 0 Å². The molecule has 0 aromatic rings. The van der Waals surface area contributed by atoms with Crippen LogP contribution in [-0.2, 0) is 9.84 Å². The van der Waals surface area contributed by atoms with Crippen LogP contribution in [0.1, 0.15) is 32.1 Å². The Morgan fingerprint density at radius 3 is 2.41 bits per heavy atom. The van der Waals surface area contributed by atoms with Crippen molar-refractivity contribution in [2.75, 3.05) is 25.1 Å². The predicted octanol–water partition coefficient (Wildman–Crippen LogP) is 0.623. The highest BCUT2D eigenvalue weighted by molar-refractivity contribution is 7.91. The standard InChI is InChI=1S/C12H24N2O2S/c1-14(12-4-2-3-10(12)9-13)11-5-7-17(15,16)8-6-11/h10-12H,2-9,13H2,1H3. The lowest BCUT2D eigenvalue weighted by atomic mass is 9.99. The molecular formula is C12H24N2O2S. The highest BCUT2D eigenvalue weighted by Crippen LogP contribution is 2.31. The Balaban J connectivity index is 1.94. The second-order valence-corrected chi connectivity index (χ2v) is 7.85. The molecule has 17 heavy (non-hydrogen) atoms. The lowest BCUT2D eigenvalue weighted by Gasteiger charge is -2.37.